The van der Waals surface area contributed by atoms with Crippen LogP contribution in [-0.4, -0.2) is 25.7 Å². The number of amides is 1. The Kier molecular flexibility index (Phi) is 4.49. The lowest BCUT2D eigenvalue weighted by molar-refractivity contribution is -0.123. The van der Waals surface area contributed by atoms with Crippen molar-refractivity contribution in [3.05, 3.63) is 18.2 Å². The highest BCUT2D eigenvalue weighted by Gasteiger charge is 2.17. The fourth-order valence-electron chi connectivity index (χ4n) is 2.29. The lowest BCUT2D eigenvalue weighted by atomic mass is 10.2. The second-order valence-electron chi connectivity index (χ2n) is 4.74. The highest BCUT2D eigenvalue weighted by molar-refractivity contribution is 5.78. The third kappa shape index (κ3) is 3.77. The summed E-state index contributed by atoms with van der Waals surface area (Å²) in [4.78, 5) is 11.7. The average Bonchev–Trinajstić information content (AvgIpc) is 2.89. The third-order valence-corrected chi connectivity index (χ3v) is 3.29. The van der Waals surface area contributed by atoms with Crippen LogP contribution >= 0.6 is 0 Å². The first-order chi connectivity index (χ1) is 9.19. The van der Waals surface area contributed by atoms with E-state index in [0.29, 0.717) is 23.2 Å². The Bertz CT molecular complexity index is 442. The molecule has 104 valence electrons. The molecule has 0 aliphatic heterocycles. The van der Waals surface area contributed by atoms with Gasteiger partial charge >= 0.3 is 0 Å². The number of benzene rings is 1. The van der Waals surface area contributed by atoms with Gasteiger partial charge in [-0.3, -0.25) is 4.79 Å². The molecule has 0 aromatic heterocycles. The number of rotatable bonds is 5. The van der Waals surface area contributed by atoms with Gasteiger partial charge in [-0.05, 0) is 25.0 Å². The van der Waals surface area contributed by atoms with Gasteiger partial charge in [-0.25, -0.2) is 0 Å². The van der Waals surface area contributed by atoms with Crippen LogP contribution in [0, 0.1) is 0 Å². The zero-order valence-electron chi connectivity index (χ0n) is 11.1. The molecule has 0 spiro atoms. The third-order valence-electron chi connectivity index (χ3n) is 3.29. The van der Waals surface area contributed by atoms with Crippen molar-refractivity contribution in [3.63, 3.8) is 0 Å². The predicted molar refractivity (Wildman–Crippen MR) is 73.3 cm³/mol. The van der Waals surface area contributed by atoms with Gasteiger partial charge in [-0.1, -0.05) is 12.8 Å². The van der Waals surface area contributed by atoms with Gasteiger partial charge in [0.25, 0.3) is 5.91 Å². The fraction of sp³-hybridized carbons (Fsp3) is 0.500. The van der Waals surface area contributed by atoms with Crippen LogP contribution in [0.1, 0.15) is 25.7 Å². The quantitative estimate of drug-likeness (QED) is 0.794. The first-order valence-corrected chi connectivity index (χ1v) is 6.54. The molecule has 5 nitrogen and oxygen atoms in total. The number of carbonyl (C=O) groups is 1. The minimum absolute atomic E-state index is 0.0161. The monoisotopic (exact) mass is 264 g/mol. The second-order valence-corrected chi connectivity index (χ2v) is 4.74. The van der Waals surface area contributed by atoms with Gasteiger partial charge < -0.3 is 20.5 Å². The van der Waals surface area contributed by atoms with Crippen LogP contribution in [-0.2, 0) is 4.79 Å². The molecule has 1 aromatic rings. The predicted octanol–water partition coefficient (Wildman–Crippen LogP) is 1.72. The van der Waals surface area contributed by atoms with Crippen molar-refractivity contribution in [1.29, 1.82) is 0 Å². The molecule has 1 saturated carbocycles. The standard InChI is InChI=1S/C14H20N2O3/c1-18-13-7-6-11(8-12(13)15)19-9-14(17)16-10-4-2-3-5-10/h6-8,10H,2-5,9,15H2,1H3,(H,16,17). The summed E-state index contributed by atoms with van der Waals surface area (Å²) >= 11 is 0. The Morgan fingerprint density at radius 1 is 1.42 bits per heavy atom. The largest absolute Gasteiger partial charge is 0.495 e. The molecule has 0 bridgehead atoms. The molecular weight excluding hydrogens is 244 g/mol. The first-order valence-electron chi connectivity index (χ1n) is 6.54. The van der Waals surface area contributed by atoms with E-state index >= 15 is 0 Å². The molecule has 0 saturated heterocycles. The number of methoxy groups -OCH3 is 1. The van der Waals surface area contributed by atoms with Gasteiger partial charge in [0.1, 0.15) is 11.5 Å². The van der Waals surface area contributed by atoms with Crippen LogP contribution < -0.4 is 20.5 Å². The van der Waals surface area contributed by atoms with E-state index in [9.17, 15) is 4.79 Å². The number of ether oxygens (including phenoxy) is 2. The number of nitrogen functional groups attached to an aromatic ring is 1. The molecule has 0 radical (unpaired) electrons. The molecule has 0 atom stereocenters. The molecule has 5 heteroatoms. The molecule has 19 heavy (non-hydrogen) atoms. The van der Waals surface area contributed by atoms with Crippen molar-refractivity contribution in [2.75, 3.05) is 19.5 Å². The lowest BCUT2D eigenvalue weighted by Gasteiger charge is -2.13. The van der Waals surface area contributed by atoms with Crippen LogP contribution in [0.15, 0.2) is 18.2 Å². The summed E-state index contributed by atoms with van der Waals surface area (Å²) in [6.07, 6.45) is 4.53. The SMILES string of the molecule is COc1ccc(OCC(=O)NC2CCCC2)cc1N. The van der Waals surface area contributed by atoms with Crippen LogP contribution in [0.2, 0.25) is 0 Å². The van der Waals surface area contributed by atoms with Crippen molar-refractivity contribution in [2.24, 2.45) is 0 Å². The minimum atomic E-state index is -0.0821. The highest BCUT2D eigenvalue weighted by Crippen LogP contribution is 2.25. The maximum Gasteiger partial charge on any atom is 0.258 e. The highest BCUT2D eigenvalue weighted by atomic mass is 16.5. The number of anilines is 1. The van der Waals surface area contributed by atoms with E-state index in [1.807, 2.05) is 0 Å². The molecule has 1 aliphatic carbocycles. The molecule has 0 unspecified atom stereocenters. The Balaban J connectivity index is 1.81. The minimum Gasteiger partial charge on any atom is -0.495 e. The van der Waals surface area contributed by atoms with E-state index < -0.39 is 0 Å². The van der Waals surface area contributed by atoms with Gasteiger partial charge in [0, 0.05) is 12.1 Å². The van der Waals surface area contributed by atoms with Crippen molar-refractivity contribution < 1.29 is 14.3 Å². The Morgan fingerprint density at radius 3 is 2.79 bits per heavy atom. The summed E-state index contributed by atoms with van der Waals surface area (Å²) in [5, 5.41) is 2.97. The number of nitrogens with one attached hydrogen (secondary N) is 1. The molecule has 0 heterocycles. The van der Waals surface area contributed by atoms with E-state index in [1.54, 1.807) is 25.3 Å². The Morgan fingerprint density at radius 2 is 2.16 bits per heavy atom. The summed E-state index contributed by atoms with van der Waals surface area (Å²) in [5.41, 5.74) is 6.26. The summed E-state index contributed by atoms with van der Waals surface area (Å²) in [7, 11) is 1.56. The van der Waals surface area contributed by atoms with E-state index in [4.69, 9.17) is 15.2 Å². The number of hydrogen-bond donors (Lipinski definition) is 2. The maximum atomic E-state index is 11.7. The zero-order valence-corrected chi connectivity index (χ0v) is 11.1. The summed E-state index contributed by atoms with van der Waals surface area (Å²) in [6.45, 7) is 0.0161. The first kappa shape index (κ1) is 13.5. The molecule has 2 rings (SSSR count). The van der Waals surface area contributed by atoms with Gasteiger partial charge in [-0.15, -0.1) is 0 Å². The molecule has 1 aliphatic rings. The summed E-state index contributed by atoms with van der Waals surface area (Å²) in [6, 6.07) is 5.43. The fourth-order valence-corrected chi connectivity index (χ4v) is 2.29. The van der Waals surface area contributed by atoms with Crippen LogP contribution in [0.25, 0.3) is 0 Å². The second kappa shape index (κ2) is 6.31. The van der Waals surface area contributed by atoms with Crippen LogP contribution in [0.5, 0.6) is 11.5 Å². The van der Waals surface area contributed by atoms with Gasteiger partial charge in [0.15, 0.2) is 6.61 Å². The lowest BCUT2D eigenvalue weighted by Crippen LogP contribution is -2.36. The van der Waals surface area contributed by atoms with Crippen LogP contribution in [0.3, 0.4) is 0 Å². The molecule has 1 amide bonds. The van der Waals surface area contributed by atoms with E-state index in [-0.39, 0.29) is 12.5 Å². The Hall–Kier alpha value is -1.91. The van der Waals surface area contributed by atoms with Crippen molar-refractivity contribution in [1.82, 2.24) is 5.32 Å². The normalized spacial score (nSPS) is 15.2. The molecule has 3 N–H and O–H groups in total. The van der Waals surface area contributed by atoms with Crippen molar-refractivity contribution >= 4 is 11.6 Å². The summed E-state index contributed by atoms with van der Waals surface area (Å²) in [5.74, 6) is 1.09. The van der Waals surface area contributed by atoms with Gasteiger partial charge in [0.2, 0.25) is 0 Å². The van der Waals surface area contributed by atoms with E-state index in [0.717, 1.165) is 12.8 Å². The number of nitrogens with two attached hydrogens (primary N) is 1. The average molecular weight is 264 g/mol. The topological polar surface area (TPSA) is 73.6 Å². The van der Waals surface area contributed by atoms with Gasteiger partial charge in [0.05, 0.1) is 12.8 Å². The van der Waals surface area contributed by atoms with Crippen LogP contribution in [0.4, 0.5) is 5.69 Å². The maximum absolute atomic E-state index is 11.7. The molecule has 1 aromatic carbocycles. The zero-order chi connectivity index (χ0) is 13.7. The smallest absolute Gasteiger partial charge is 0.258 e. The number of carbonyl (C=O) groups excluding carboxylic acids is 1. The van der Waals surface area contributed by atoms with Crippen molar-refractivity contribution in [3.8, 4) is 11.5 Å². The van der Waals surface area contributed by atoms with E-state index in [1.165, 1.54) is 12.8 Å². The Labute approximate surface area is 113 Å². The molecule has 1 fully saturated rings. The molecular formula is C14H20N2O3. The van der Waals surface area contributed by atoms with Gasteiger partial charge in [-0.2, -0.15) is 0 Å². The van der Waals surface area contributed by atoms with Crippen molar-refractivity contribution in [2.45, 2.75) is 31.7 Å². The number of hydrogen-bond acceptors (Lipinski definition) is 4. The summed E-state index contributed by atoms with van der Waals surface area (Å²) < 4.78 is 10.5. The van der Waals surface area contributed by atoms with E-state index in [2.05, 4.69) is 5.32 Å².